The van der Waals surface area contributed by atoms with Gasteiger partial charge in [-0.2, -0.15) is 0 Å². The van der Waals surface area contributed by atoms with Gasteiger partial charge < -0.3 is 20.4 Å². The molecule has 0 heterocycles. The Labute approximate surface area is 92.7 Å². The molecule has 2 aromatic carbocycles. The molecule has 20 heavy (non-hydrogen) atoms. The van der Waals surface area contributed by atoms with E-state index in [4.69, 9.17) is 20.4 Å². The maximum Gasteiger partial charge on any atom is 0.157 e. The van der Waals surface area contributed by atoms with Crippen LogP contribution in [0.4, 0.5) is 0 Å². The fourth-order valence-electron chi connectivity index (χ4n) is 0.917. The number of aromatic hydroxyl groups is 4. The van der Waals surface area contributed by atoms with E-state index in [1.165, 1.54) is 36.4 Å². The molecule has 0 amide bonds. The predicted molar refractivity (Wildman–Crippen MR) is 59.5 cm³/mol. The van der Waals surface area contributed by atoms with E-state index >= 15 is 0 Å². The number of phenolic OH excluding ortho intramolecular Hbond substituents is 4. The standard InChI is InChI=1S/2C6H6O2.4Rf/c7-5-1-2-6(8)4-3-5;7-5-3-1-2-4-6(5)8;;;;/h2*1-4,7-8H;;;;. The first-order valence-corrected chi connectivity index (χ1v) is 4.54. The van der Waals surface area contributed by atoms with Crippen molar-refractivity contribution in [3.63, 3.8) is 0 Å². The fourth-order valence-corrected chi connectivity index (χ4v) is 0.917. The second kappa shape index (κ2) is 9.21. The Morgan fingerprint density at radius 1 is 0.450 bits per heavy atom. The molecule has 8 heteroatoms. The Bertz CT molecular complexity index is 409. The largest absolute Gasteiger partial charge is 0.508 e. The van der Waals surface area contributed by atoms with Gasteiger partial charge in [-0.3, -0.25) is 0 Å². The molecule has 4 N–H and O–H groups in total. The Morgan fingerprint density at radius 3 is 0.900 bits per heavy atom. The quantitative estimate of drug-likeness (QED) is 0.242. The van der Waals surface area contributed by atoms with Crippen molar-refractivity contribution in [1.82, 2.24) is 0 Å². The van der Waals surface area contributed by atoms with Gasteiger partial charge in [-0.15, -0.1) is 0 Å². The van der Waals surface area contributed by atoms with Gasteiger partial charge in [0.05, 0.1) is 0 Å². The van der Waals surface area contributed by atoms with Gasteiger partial charge >= 0.3 is 0 Å². The van der Waals surface area contributed by atoms with Gasteiger partial charge in [0.25, 0.3) is 0 Å². The minimum Gasteiger partial charge on any atom is -0.508 e. The molecule has 0 aliphatic rings. The number of rotatable bonds is 0. The van der Waals surface area contributed by atoms with E-state index in [0.29, 0.717) is 0 Å². The maximum atomic E-state index is 8.67. The van der Waals surface area contributed by atoms with Crippen molar-refractivity contribution < 1.29 is 20.4 Å². The first kappa shape index (κ1) is 23.5. The zero-order valence-corrected chi connectivity index (χ0v) is 36.8. The van der Waals surface area contributed by atoms with Crippen molar-refractivity contribution in [2.45, 2.75) is 0 Å². The third-order valence-corrected chi connectivity index (χ3v) is 1.73. The van der Waals surface area contributed by atoms with Gasteiger partial charge in [-0.05, 0) is 36.4 Å². The van der Waals surface area contributed by atoms with Crippen LogP contribution < -0.4 is 0 Å². The van der Waals surface area contributed by atoms with Crippen LogP contribution in [-0.2, 0) is 0 Å². The van der Waals surface area contributed by atoms with Gasteiger partial charge in [0.15, 0.2) is 11.5 Å². The van der Waals surface area contributed by atoms with Crippen molar-refractivity contribution in [1.29, 1.82) is 0 Å². The summed E-state index contributed by atoms with van der Waals surface area (Å²) in [5.41, 5.74) is 0. The molecule has 0 atom stereocenters. The van der Waals surface area contributed by atoms with Crippen molar-refractivity contribution >= 4 is 0 Å². The van der Waals surface area contributed by atoms with Gasteiger partial charge in [0.2, 0.25) is 0 Å². The predicted octanol–water partition coefficient (Wildman–Crippen LogP) is 2.20. The average molecular weight is 1290 g/mol. The Hall–Kier alpha value is -6.36. The van der Waals surface area contributed by atoms with Crippen LogP contribution >= 0.6 is 0 Å². The van der Waals surface area contributed by atoms with E-state index in [-0.39, 0.29) is 23.0 Å². The summed E-state index contributed by atoms with van der Waals surface area (Å²) in [6, 6.07) is 11.9. The van der Waals surface area contributed by atoms with Crippen molar-refractivity contribution in [2.24, 2.45) is 0 Å². The number of hydrogen-bond acceptors (Lipinski definition) is 4. The summed E-state index contributed by atoms with van der Waals surface area (Å²) < 4.78 is 0. The average Bonchev–Trinajstić information content (AvgIpc) is 2.28. The molecule has 0 fully saturated rings. The fraction of sp³-hybridized carbons (Fsp3) is 0. The Morgan fingerprint density at radius 2 is 0.700 bits per heavy atom. The number of benzene rings is 2. The molecule has 0 saturated heterocycles. The molecule has 0 aromatic heterocycles. The van der Waals surface area contributed by atoms with Crippen LogP contribution in [0.2, 0.25) is 0 Å². The molecule has 0 bridgehead atoms. The van der Waals surface area contributed by atoms with Crippen LogP contribution in [-0.4, -0.2) is 20.4 Å². The number of hydrogen-bond donors (Lipinski definition) is 4. The molecular weight excluding hydrogens is 1280 g/mol. The molecule has 4 nitrogen and oxygen atoms in total. The maximum absolute atomic E-state index is 8.67. The zero-order chi connectivity index (χ0) is 12.0. The second-order valence-electron chi connectivity index (χ2n) is 3.01. The zero-order valence-electron chi connectivity index (χ0n) is 11.2. The summed E-state index contributed by atoms with van der Waals surface area (Å²) >= 11 is 0. The van der Waals surface area contributed by atoms with E-state index in [9.17, 15) is 0 Å². The topological polar surface area (TPSA) is 80.9 Å². The van der Waals surface area contributed by atoms with Crippen LogP contribution in [0.5, 0.6) is 23.0 Å². The smallest absolute Gasteiger partial charge is 0.157 e. The van der Waals surface area contributed by atoms with E-state index in [1.807, 2.05) is 0 Å². The molecule has 0 aliphatic carbocycles. The molecule has 2 rings (SSSR count). The van der Waals surface area contributed by atoms with Crippen LogP contribution in [0, 0.1) is 0 Å². The Kier molecular flexibility index (Phi) is 10.8. The van der Waals surface area contributed by atoms with E-state index in [1.54, 1.807) is 12.1 Å². The molecule has 0 unspecified atom stereocenters. The first-order chi connectivity index (χ1) is 7.59. The number of para-hydroxylation sites is 2. The van der Waals surface area contributed by atoms with Crippen molar-refractivity contribution in [2.75, 3.05) is 0 Å². The first-order valence-electron chi connectivity index (χ1n) is 4.54. The summed E-state index contributed by atoms with van der Waals surface area (Å²) in [4.78, 5) is 0. The molecular formula is C12H12O4Rf4. The van der Waals surface area contributed by atoms with Crippen LogP contribution in [0.25, 0.3) is 0 Å². The monoisotopic (exact) mass is 1290 g/mol. The summed E-state index contributed by atoms with van der Waals surface area (Å²) in [6.45, 7) is 0. The van der Waals surface area contributed by atoms with Gasteiger partial charge in [-0.25, -0.2) is 0 Å². The molecule has 0 spiro atoms. The van der Waals surface area contributed by atoms with Crippen molar-refractivity contribution in [3.05, 3.63) is 48.5 Å². The summed E-state index contributed by atoms with van der Waals surface area (Å²) in [5.74, 6) is 0.186. The third kappa shape index (κ3) is 6.15. The van der Waals surface area contributed by atoms with Crippen LogP contribution in [0.3, 0.4) is 0 Å². The second-order valence-corrected chi connectivity index (χ2v) is 3.01. The van der Waals surface area contributed by atoms with Crippen LogP contribution in [0.1, 0.15) is 0 Å². The van der Waals surface area contributed by atoms with Gasteiger partial charge in [0, 0.05) is 0 Å². The minimum absolute atomic E-state index is 0. The molecule has 92 valence electrons. The van der Waals surface area contributed by atoms with Gasteiger partial charge in [0.1, 0.15) is 11.5 Å². The van der Waals surface area contributed by atoms with Crippen LogP contribution in [0.15, 0.2) is 48.5 Å². The minimum atomic E-state index is -0.0764. The summed E-state index contributed by atoms with van der Waals surface area (Å²) in [6.07, 6.45) is 0. The normalized spacial score (nSPS) is 7.20. The van der Waals surface area contributed by atoms with Crippen molar-refractivity contribution in [3.8, 4) is 23.0 Å². The van der Waals surface area contributed by atoms with E-state index < -0.39 is 0 Å². The summed E-state index contributed by atoms with van der Waals surface area (Å²) in [7, 11) is 0. The van der Waals surface area contributed by atoms with Gasteiger partial charge in [-0.1, -0.05) is 12.1 Å². The van der Waals surface area contributed by atoms with E-state index in [0.717, 1.165) is 0 Å². The molecule has 0 radical (unpaired) electrons. The SMILES string of the molecule is Oc1ccc(O)cc1.Oc1ccccc1O.[Rf].[Rf].[Rf].[Rf]. The molecule has 2 aromatic rings. The Balaban J connectivity index is -0.000000107. The number of phenols is 4. The molecule has 0 saturated carbocycles. The third-order valence-electron chi connectivity index (χ3n) is 1.73. The molecule has 0 aliphatic heterocycles. The summed E-state index contributed by atoms with van der Waals surface area (Å²) in [5, 5.41) is 34.6. The van der Waals surface area contributed by atoms with E-state index in [2.05, 4.69) is 0 Å².